The van der Waals surface area contributed by atoms with Gasteiger partial charge in [0.2, 0.25) is 10.0 Å². The van der Waals surface area contributed by atoms with E-state index >= 15 is 0 Å². The lowest BCUT2D eigenvalue weighted by Crippen LogP contribution is -2.42. The van der Waals surface area contributed by atoms with Crippen molar-refractivity contribution in [2.45, 2.75) is 30.9 Å². The van der Waals surface area contributed by atoms with Gasteiger partial charge in [0.15, 0.2) is 0 Å². The molecule has 4 rings (SSSR count). The summed E-state index contributed by atoms with van der Waals surface area (Å²) < 4.78 is 33.6. The average Bonchev–Trinajstić information content (AvgIpc) is 3.14. The van der Waals surface area contributed by atoms with E-state index in [1.807, 2.05) is 26.0 Å². The second-order valence-corrected chi connectivity index (χ2v) is 10.3. The van der Waals surface area contributed by atoms with E-state index in [1.54, 1.807) is 36.5 Å². The fraction of sp³-hybridized carbons (Fsp3) is 0.333. The molecule has 0 aliphatic carbocycles. The van der Waals surface area contributed by atoms with Crippen molar-refractivity contribution in [1.82, 2.24) is 14.6 Å². The summed E-state index contributed by atoms with van der Waals surface area (Å²) in [5.41, 5.74) is 0.703. The number of nitrogens with zero attached hydrogens (tertiary/aromatic N) is 2. The maximum atomic E-state index is 13.1. The minimum atomic E-state index is -3.65. The number of carbonyl (C=O) groups excluding carboxylic acids is 1. The molecule has 0 spiro atoms. The van der Waals surface area contributed by atoms with Gasteiger partial charge >= 0.3 is 0 Å². The molecule has 0 radical (unpaired) electrons. The number of aromatic nitrogens is 1. The molecule has 3 aromatic rings. The van der Waals surface area contributed by atoms with Crippen molar-refractivity contribution >= 4 is 37.5 Å². The predicted octanol–water partition coefficient (Wildman–Crippen LogP) is 3.20. The zero-order valence-corrected chi connectivity index (χ0v) is 18.4. The van der Waals surface area contributed by atoms with E-state index in [-0.39, 0.29) is 36.5 Å². The lowest BCUT2D eigenvalue weighted by atomic mass is 10.0. The number of hydrogen-bond acceptors (Lipinski definition) is 6. The first-order valence-corrected chi connectivity index (χ1v) is 12.0. The number of benzene rings is 1. The van der Waals surface area contributed by atoms with E-state index in [1.165, 1.54) is 15.6 Å². The molecule has 2 aromatic heterocycles. The van der Waals surface area contributed by atoms with Crippen LogP contribution in [-0.2, 0) is 14.8 Å². The molecule has 158 valence electrons. The summed E-state index contributed by atoms with van der Waals surface area (Å²) in [6, 6.07) is 12.1. The molecule has 1 saturated heterocycles. The first-order valence-electron chi connectivity index (χ1n) is 9.73. The molecular weight excluding hydrogens is 422 g/mol. The second kappa shape index (κ2) is 8.43. The molecule has 30 heavy (non-hydrogen) atoms. The minimum absolute atomic E-state index is 0.0225. The lowest BCUT2D eigenvalue weighted by molar-refractivity contribution is -0.00193. The van der Waals surface area contributed by atoms with Gasteiger partial charge in [-0.2, -0.15) is 4.31 Å². The maximum absolute atomic E-state index is 13.1. The Morgan fingerprint density at radius 2 is 2.00 bits per heavy atom. The Balaban J connectivity index is 1.72. The maximum Gasteiger partial charge on any atom is 0.262 e. The summed E-state index contributed by atoms with van der Waals surface area (Å²) in [5.74, 6) is -0.199. The number of nitrogens with one attached hydrogen (secondary N) is 1. The van der Waals surface area contributed by atoms with Gasteiger partial charge in [0.25, 0.3) is 5.91 Å². The molecule has 1 fully saturated rings. The summed E-state index contributed by atoms with van der Waals surface area (Å²) >= 11 is 1.30. The molecule has 9 heteroatoms. The van der Waals surface area contributed by atoms with Crippen LogP contribution in [0, 0.1) is 0 Å². The molecule has 1 atom stereocenters. The first-order chi connectivity index (χ1) is 14.4. The van der Waals surface area contributed by atoms with Crippen molar-refractivity contribution in [2.24, 2.45) is 0 Å². The molecule has 1 amide bonds. The molecule has 1 aliphatic rings. The van der Waals surface area contributed by atoms with Gasteiger partial charge in [-0.15, -0.1) is 11.3 Å². The van der Waals surface area contributed by atoms with Gasteiger partial charge in [-0.25, -0.2) is 13.4 Å². The molecule has 1 aromatic carbocycles. The van der Waals surface area contributed by atoms with E-state index in [0.717, 1.165) is 10.2 Å². The van der Waals surface area contributed by atoms with Crippen molar-refractivity contribution in [2.75, 3.05) is 19.7 Å². The van der Waals surface area contributed by atoms with Crippen LogP contribution < -0.4 is 5.32 Å². The number of rotatable bonds is 5. The Bertz CT molecular complexity index is 1160. The SMILES string of the molecule is CC(C)NC(=O)c1sc2ncccc2c1[C@@H]1CN(S(=O)(=O)c2ccccc2)CCO1. The summed E-state index contributed by atoms with van der Waals surface area (Å²) in [5, 5.41) is 3.74. The highest BCUT2D eigenvalue weighted by molar-refractivity contribution is 7.89. The van der Waals surface area contributed by atoms with Gasteiger partial charge in [-0.1, -0.05) is 24.3 Å². The molecule has 0 bridgehead atoms. The van der Waals surface area contributed by atoms with Gasteiger partial charge < -0.3 is 10.1 Å². The van der Waals surface area contributed by atoms with Gasteiger partial charge in [0, 0.05) is 36.3 Å². The van der Waals surface area contributed by atoms with Crippen LogP contribution in [0.3, 0.4) is 0 Å². The van der Waals surface area contributed by atoms with Gasteiger partial charge in [0.05, 0.1) is 17.6 Å². The Morgan fingerprint density at radius 3 is 2.73 bits per heavy atom. The molecule has 1 aliphatic heterocycles. The summed E-state index contributed by atoms with van der Waals surface area (Å²) in [6.45, 7) is 4.45. The third-order valence-electron chi connectivity index (χ3n) is 4.86. The van der Waals surface area contributed by atoms with E-state index in [0.29, 0.717) is 10.4 Å². The quantitative estimate of drug-likeness (QED) is 0.652. The fourth-order valence-corrected chi connectivity index (χ4v) is 6.07. The van der Waals surface area contributed by atoms with Crippen molar-refractivity contribution in [1.29, 1.82) is 0 Å². The molecule has 0 unspecified atom stereocenters. The topological polar surface area (TPSA) is 88.6 Å². The van der Waals surface area contributed by atoms with Crippen LogP contribution in [0.25, 0.3) is 10.2 Å². The first kappa shape index (κ1) is 20.9. The van der Waals surface area contributed by atoms with Crippen LogP contribution in [0.5, 0.6) is 0 Å². The Kier molecular flexibility index (Phi) is 5.88. The second-order valence-electron chi connectivity index (χ2n) is 7.36. The number of sulfonamides is 1. The molecular formula is C21H23N3O4S2. The van der Waals surface area contributed by atoms with Gasteiger partial charge in [0.1, 0.15) is 9.71 Å². The van der Waals surface area contributed by atoms with Gasteiger partial charge in [-0.3, -0.25) is 4.79 Å². The number of ether oxygens (including phenoxy) is 1. The minimum Gasteiger partial charge on any atom is -0.371 e. The number of amides is 1. The Morgan fingerprint density at radius 1 is 1.23 bits per heavy atom. The summed E-state index contributed by atoms with van der Waals surface area (Å²) in [4.78, 5) is 18.8. The highest BCUT2D eigenvalue weighted by Gasteiger charge is 2.35. The predicted molar refractivity (Wildman–Crippen MR) is 116 cm³/mol. The van der Waals surface area contributed by atoms with Crippen LogP contribution in [0.4, 0.5) is 0 Å². The Hall–Kier alpha value is -2.33. The van der Waals surface area contributed by atoms with Crippen LogP contribution in [0.2, 0.25) is 0 Å². The Labute approximate surface area is 179 Å². The highest BCUT2D eigenvalue weighted by Crippen LogP contribution is 2.38. The van der Waals surface area contributed by atoms with E-state index < -0.39 is 16.1 Å². The summed E-state index contributed by atoms with van der Waals surface area (Å²) in [6.07, 6.45) is 1.13. The van der Waals surface area contributed by atoms with Crippen LogP contribution in [0.1, 0.15) is 35.2 Å². The summed E-state index contributed by atoms with van der Waals surface area (Å²) in [7, 11) is -3.65. The largest absolute Gasteiger partial charge is 0.371 e. The van der Waals surface area contributed by atoms with E-state index in [4.69, 9.17) is 4.74 Å². The standard InChI is InChI=1S/C21H23N3O4S2/c1-14(2)23-20(25)19-18(16-9-6-10-22-21(16)29-19)17-13-24(11-12-28-17)30(26,27)15-7-4-3-5-8-15/h3-10,14,17H,11-13H2,1-2H3,(H,23,25)/t17-/m0/s1. The molecule has 3 heterocycles. The highest BCUT2D eigenvalue weighted by atomic mass is 32.2. The van der Waals surface area contributed by atoms with E-state index in [9.17, 15) is 13.2 Å². The number of pyridine rings is 1. The smallest absolute Gasteiger partial charge is 0.262 e. The molecule has 0 saturated carbocycles. The van der Waals surface area contributed by atoms with Gasteiger partial charge in [-0.05, 0) is 32.0 Å². The van der Waals surface area contributed by atoms with E-state index in [2.05, 4.69) is 10.3 Å². The van der Waals surface area contributed by atoms with Crippen LogP contribution in [0.15, 0.2) is 53.6 Å². The van der Waals surface area contributed by atoms with Crippen molar-refractivity contribution in [3.05, 3.63) is 59.1 Å². The van der Waals surface area contributed by atoms with Crippen molar-refractivity contribution < 1.29 is 17.9 Å². The zero-order chi connectivity index (χ0) is 21.3. The molecule has 7 nitrogen and oxygen atoms in total. The number of fused-ring (bicyclic) bond motifs is 1. The molecule has 1 N–H and O–H groups in total. The fourth-order valence-electron chi connectivity index (χ4n) is 3.53. The monoisotopic (exact) mass is 445 g/mol. The number of hydrogen-bond donors (Lipinski definition) is 1. The lowest BCUT2D eigenvalue weighted by Gasteiger charge is -2.32. The van der Waals surface area contributed by atoms with Crippen LogP contribution >= 0.6 is 11.3 Å². The van der Waals surface area contributed by atoms with Crippen LogP contribution in [-0.4, -0.2) is 49.4 Å². The average molecular weight is 446 g/mol. The van der Waals surface area contributed by atoms with Crippen molar-refractivity contribution in [3.63, 3.8) is 0 Å². The number of thiophene rings is 1. The third-order valence-corrected chi connectivity index (χ3v) is 7.87. The van der Waals surface area contributed by atoms with Crippen molar-refractivity contribution in [3.8, 4) is 0 Å². The number of carbonyl (C=O) groups is 1. The zero-order valence-electron chi connectivity index (χ0n) is 16.7. The normalized spacial score (nSPS) is 18.0. The number of morpholine rings is 1. The third kappa shape index (κ3) is 3.98.